The van der Waals surface area contributed by atoms with Crippen LogP contribution in [-0.2, 0) is 12.5 Å². The molecule has 1 heterocycles. The molecule has 1 fully saturated rings. The second kappa shape index (κ2) is 5.39. The highest BCUT2D eigenvalue weighted by atomic mass is 16.5. The van der Waals surface area contributed by atoms with E-state index in [4.69, 9.17) is 4.74 Å². The fraction of sp³-hybridized carbons (Fsp3) is 0.391. The Bertz CT molecular complexity index is 929. The molecule has 0 radical (unpaired) electrons. The lowest BCUT2D eigenvalue weighted by atomic mass is 9.78. The maximum atomic E-state index is 5.36. The van der Waals surface area contributed by atoms with E-state index < -0.39 is 0 Å². The normalized spacial score (nSPS) is 21.1. The Labute approximate surface area is 149 Å². The van der Waals surface area contributed by atoms with Crippen LogP contribution >= 0.6 is 0 Å². The van der Waals surface area contributed by atoms with E-state index in [-0.39, 0.29) is 0 Å². The van der Waals surface area contributed by atoms with Gasteiger partial charge < -0.3 is 9.30 Å². The lowest BCUT2D eigenvalue weighted by Gasteiger charge is -2.25. The molecule has 2 aliphatic carbocycles. The number of aryl methyl sites for hydroxylation is 1. The topological polar surface area (TPSA) is 14.2 Å². The lowest BCUT2D eigenvalue weighted by Crippen LogP contribution is -2.18. The minimum atomic E-state index is 0.390. The number of benzene rings is 2. The van der Waals surface area contributed by atoms with Crippen LogP contribution in [0.3, 0.4) is 0 Å². The smallest absolute Gasteiger partial charge is 0.118 e. The second-order valence-electron chi connectivity index (χ2n) is 7.85. The zero-order chi connectivity index (χ0) is 17.0. The zero-order valence-corrected chi connectivity index (χ0v) is 15.1. The molecule has 1 saturated carbocycles. The molecule has 2 nitrogen and oxygen atoms in total. The van der Waals surface area contributed by atoms with Gasteiger partial charge in [-0.25, -0.2) is 0 Å². The summed E-state index contributed by atoms with van der Waals surface area (Å²) in [4.78, 5) is 0. The van der Waals surface area contributed by atoms with E-state index >= 15 is 0 Å². The predicted molar refractivity (Wildman–Crippen MR) is 103 cm³/mol. The summed E-state index contributed by atoms with van der Waals surface area (Å²) in [5.74, 6) is 1.44. The van der Waals surface area contributed by atoms with Gasteiger partial charge in [0.15, 0.2) is 0 Å². The highest BCUT2D eigenvalue weighted by Gasteiger charge is 2.48. The summed E-state index contributed by atoms with van der Waals surface area (Å²) in [5, 5.41) is 1.48. The minimum Gasteiger partial charge on any atom is -0.497 e. The SMILES string of the molecule is COc1ccc(C2CC3(CCCC3)c3c2n(C)c2ccccc32)cc1. The van der Waals surface area contributed by atoms with Crippen molar-refractivity contribution in [3.05, 3.63) is 65.4 Å². The van der Waals surface area contributed by atoms with Gasteiger partial charge in [0.2, 0.25) is 0 Å². The van der Waals surface area contributed by atoms with E-state index in [1.807, 2.05) is 0 Å². The molecule has 0 aliphatic heterocycles. The van der Waals surface area contributed by atoms with Crippen molar-refractivity contribution < 1.29 is 4.74 Å². The van der Waals surface area contributed by atoms with E-state index in [1.165, 1.54) is 48.6 Å². The highest BCUT2D eigenvalue weighted by molar-refractivity contribution is 5.88. The number of rotatable bonds is 2. The first-order valence-corrected chi connectivity index (χ1v) is 9.45. The molecule has 5 rings (SSSR count). The van der Waals surface area contributed by atoms with Gasteiger partial charge in [-0.1, -0.05) is 43.2 Å². The van der Waals surface area contributed by atoms with Crippen molar-refractivity contribution in [1.82, 2.24) is 4.57 Å². The number of aromatic nitrogens is 1. The van der Waals surface area contributed by atoms with Crippen molar-refractivity contribution in [2.45, 2.75) is 43.4 Å². The van der Waals surface area contributed by atoms with Crippen LogP contribution in [0.4, 0.5) is 0 Å². The molecule has 1 spiro atoms. The molecule has 0 amide bonds. The van der Waals surface area contributed by atoms with Crippen molar-refractivity contribution in [2.24, 2.45) is 7.05 Å². The van der Waals surface area contributed by atoms with Gasteiger partial charge in [0.05, 0.1) is 7.11 Å². The molecular formula is C23H25NO. The van der Waals surface area contributed by atoms with Crippen molar-refractivity contribution >= 4 is 10.9 Å². The van der Waals surface area contributed by atoms with Crippen molar-refractivity contribution in [1.29, 1.82) is 0 Å². The summed E-state index contributed by atoms with van der Waals surface area (Å²) in [6, 6.07) is 17.7. The molecular weight excluding hydrogens is 306 g/mol. The van der Waals surface area contributed by atoms with Crippen LogP contribution in [0, 0.1) is 0 Å². The number of methoxy groups -OCH3 is 1. The van der Waals surface area contributed by atoms with E-state index in [1.54, 1.807) is 18.4 Å². The first-order valence-electron chi connectivity index (χ1n) is 9.45. The maximum absolute atomic E-state index is 5.36. The van der Waals surface area contributed by atoms with E-state index in [0.717, 1.165) is 5.75 Å². The molecule has 1 unspecified atom stereocenters. The van der Waals surface area contributed by atoms with Gasteiger partial charge in [-0.3, -0.25) is 0 Å². The van der Waals surface area contributed by atoms with Crippen LogP contribution in [0.15, 0.2) is 48.5 Å². The first kappa shape index (κ1) is 15.1. The van der Waals surface area contributed by atoms with E-state index in [9.17, 15) is 0 Å². The molecule has 0 N–H and O–H groups in total. The fourth-order valence-corrected chi connectivity index (χ4v) is 5.59. The van der Waals surface area contributed by atoms with Crippen molar-refractivity contribution in [3.8, 4) is 5.75 Å². The molecule has 1 atom stereocenters. The van der Waals surface area contributed by atoms with E-state index in [0.29, 0.717) is 11.3 Å². The summed E-state index contributed by atoms with van der Waals surface area (Å²) in [6.45, 7) is 0. The largest absolute Gasteiger partial charge is 0.497 e. The zero-order valence-electron chi connectivity index (χ0n) is 15.1. The Morgan fingerprint density at radius 3 is 2.44 bits per heavy atom. The van der Waals surface area contributed by atoms with Gasteiger partial charge in [0, 0.05) is 29.6 Å². The van der Waals surface area contributed by atoms with Gasteiger partial charge in [-0.05, 0) is 54.0 Å². The summed E-state index contributed by atoms with van der Waals surface area (Å²) in [7, 11) is 3.99. The number of para-hydroxylation sites is 1. The standard InChI is InChI=1S/C23H25NO/c1-24-20-8-4-3-7-18(20)21-22(24)19(15-23(21)13-5-6-14-23)16-9-11-17(25-2)12-10-16/h3-4,7-12,19H,5-6,13-15H2,1-2H3. The minimum absolute atomic E-state index is 0.390. The Morgan fingerprint density at radius 1 is 1.00 bits per heavy atom. The second-order valence-corrected chi connectivity index (χ2v) is 7.85. The molecule has 0 saturated heterocycles. The number of nitrogens with zero attached hydrogens (tertiary/aromatic N) is 1. The Kier molecular flexibility index (Phi) is 3.25. The van der Waals surface area contributed by atoms with E-state index in [2.05, 4.69) is 60.1 Å². The summed E-state index contributed by atoms with van der Waals surface area (Å²) in [6.07, 6.45) is 6.71. The average Bonchev–Trinajstić information content (AvgIpc) is 3.33. The number of fused-ring (bicyclic) bond motifs is 4. The first-order chi connectivity index (χ1) is 12.2. The Balaban J connectivity index is 1.74. The fourth-order valence-electron chi connectivity index (χ4n) is 5.59. The van der Waals surface area contributed by atoms with Gasteiger partial charge in [0.1, 0.15) is 5.75 Å². The molecule has 0 bridgehead atoms. The summed E-state index contributed by atoms with van der Waals surface area (Å²) < 4.78 is 7.83. The van der Waals surface area contributed by atoms with Gasteiger partial charge in [-0.2, -0.15) is 0 Å². The third-order valence-electron chi connectivity index (χ3n) is 6.69. The molecule has 2 heteroatoms. The number of hydrogen-bond donors (Lipinski definition) is 0. The van der Waals surface area contributed by atoms with Gasteiger partial charge in [0.25, 0.3) is 0 Å². The van der Waals surface area contributed by atoms with Gasteiger partial charge >= 0.3 is 0 Å². The number of hydrogen-bond acceptors (Lipinski definition) is 1. The van der Waals surface area contributed by atoms with Crippen LogP contribution in [0.2, 0.25) is 0 Å². The van der Waals surface area contributed by atoms with Crippen LogP contribution in [0.1, 0.15) is 54.8 Å². The van der Waals surface area contributed by atoms with Crippen LogP contribution < -0.4 is 4.74 Å². The van der Waals surface area contributed by atoms with Crippen LogP contribution in [0.5, 0.6) is 5.75 Å². The Morgan fingerprint density at radius 2 is 1.72 bits per heavy atom. The number of ether oxygens (including phenoxy) is 1. The van der Waals surface area contributed by atoms with Crippen molar-refractivity contribution in [3.63, 3.8) is 0 Å². The lowest BCUT2D eigenvalue weighted by molar-refractivity contribution is 0.413. The monoisotopic (exact) mass is 331 g/mol. The van der Waals surface area contributed by atoms with Gasteiger partial charge in [-0.15, -0.1) is 0 Å². The molecule has 2 aromatic carbocycles. The molecule has 1 aromatic heterocycles. The summed E-state index contributed by atoms with van der Waals surface area (Å²) >= 11 is 0. The molecule has 3 aromatic rings. The van der Waals surface area contributed by atoms with Crippen molar-refractivity contribution in [2.75, 3.05) is 7.11 Å². The third kappa shape index (κ3) is 2.03. The third-order valence-corrected chi connectivity index (χ3v) is 6.69. The quantitative estimate of drug-likeness (QED) is 0.602. The van der Waals surface area contributed by atoms with Crippen LogP contribution in [-0.4, -0.2) is 11.7 Å². The highest BCUT2D eigenvalue weighted by Crippen LogP contribution is 2.59. The Hall–Kier alpha value is -2.22. The predicted octanol–water partition coefficient (Wildman–Crippen LogP) is 5.53. The average molecular weight is 331 g/mol. The molecule has 2 aliphatic rings. The van der Waals surface area contributed by atoms with Crippen LogP contribution in [0.25, 0.3) is 10.9 Å². The molecule has 128 valence electrons. The molecule has 25 heavy (non-hydrogen) atoms. The maximum Gasteiger partial charge on any atom is 0.118 e. The summed E-state index contributed by atoms with van der Waals surface area (Å²) in [5.41, 5.74) is 6.41.